The zero-order valence-electron chi connectivity index (χ0n) is 8.66. The Morgan fingerprint density at radius 3 is 1.88 bits per heavy atom. The van der Waals surface area contributed by atoms with E-state index in [1.807, 2.05) is 30.3 Å². The Labute approximate surface area is 105 Å². The maximum Gasteiger partial charge on any atom is 0.0647 e. The van der Waals surface area contributed by atoms with E-state index in [0.717, 1.165) is 22.5 Å². The maximum atomic E-state index is 5.81. The second-order valence-corrected chi connectivity index (χ2v) is 4.01. The van der Waals surface area contributed by atoms with Crippen LogP contribution < -0.4 is 0 Å². The molecule has 16 heavy (non-hydrogen) atoms. The first-order chi connectivity index (χ1) is 7.83. The Kier molecular flexibility index (Phi) is 3.81. The lowest BCUT2D eigenvalue weighted by atomic mass is 10.1. The summed E-state index contributed by atoms with van der Waals surface area (Å²) in [4.78, 5) is 4.33. The molecule has 1 nitrogen and oxygen atoms in total. The molecule has 0 atom stereocenters. The highest BCUT2D eigenvalue weighted by atomic mass is 35.5. The fourth-order valence-corrected chi connectivity index (χ4v) is 1.86. The van der Waals surface area contributed by atoms with Gasteiger partial charge in [0.15, 0.2) is 0 Å². The van der Waals surface area contributed by atoms with Crippen molar-refractivity contribution in [1.29, 1.82) is 0 Å². The van der Waals surface area contributed by atoms with E-state index in [-0.39, 0.29) is 0 Å². The largest absolute Gasteiger partial charge is 0.255 e. The first kappa shape index (κ1) is 11.4. The van der Waals surface area contributed by atoms with E-state index < -0.39 is 0 Å². The van der Waals surface area contributed by atoms with Gasteiger partial charge in [-0.25, -0.2) is 0 Å². The van der Waals surface area contributed by atoms with Crippen LogP contribution in [0.15, 0.2) is 42.5 Å². The molecule has 0 bridgehead atoms. The van der Waals surface area contributed by atoms with Gasteiger partial charge in [0.05, 0.1) is 23.1 Å². The zero-order valence-corrected chi connectivity index (χ0v) is 10.2. The minimum atomic E-state index is 0.407. The van der Waals surface area contributed by atoms with Gasteiger partial charge >= 0.3 is 0 Å². The Bertz CT molecular complexity index is 446. The van der Waals surface area contributed by atoms with Crippen molar-refractivity contribution in [2.75, 3.05) is 0 Å². The summed E-state index contributed by atoms with van der Waals surface area (Å²) >= 11 is 11.6. The van der Waals surface area contributed by atoms with Crippen LogP contribution in [0.4, 0.5) is 0 Å². The van der Waals surface area contributed by atoms with Crippen molar-refractivity contribution in [2.45, 2.75) is 11.8 Å². The molecule has 1 aromatic carbocycles. The number of pyridine rings is 1. The molecule has 0 aliphatic heterocycles. The number of halogens is 2. The van der Waals surface area contributed by atoms with Gasteiger partial charge in [-0.2, -0.15) is 0 Å². The van der Waals surface area contributed by atoms with Gasteiger partial charge in [-0.05, 0) is 23.3 Å². The summed E-state index contributed by atoms with van der Waals surface area (Å²) in [5.74, 6) is 0.815. The molecule has 1 heterocycles. The van der Waals surface area contributed by atoms with Crippen molar-refractivity contribution >= 4 is 23.2 Å². The quantitative estimate of drug-likeness (QED) is 0.745. The monoisotopic (exact) mass is 251 g/mol. The van der Waals surface area contributed by atoms with Crippen molar-refractivity contribution in [1.82, 2.24) is 4.98 Å². The highest BCUT2D eigenvalue weighted by Gasteiger charge is 2.03. The lowest BCUT2D eigenvalue weighted by Gasteiger charge is -2.06. The second-order valence-electron chi connectivity index (χ2n) is 3.47. The van der Waals surface area contributed by atoms with E-state index in [0.29, 0.717) is 11.8 Å². The summed E-state index contributed by atoms with van der Waals surface area (Å²) in [5, 5.41) is 0. The molecule has 0 spiro atoms. The molecule has 0 fully saturated rings. The lowest BCUT2D eigenvalue weighted by Crippen LogP contribution is -1.93. The lowest BCUT2D eigenvalue weighted by molar-refractivity contribution is 1.09. The van der Waals surface area contributed by atoms with Gasteiger partial charge in [0, 0.05) is 0 Å². The number of alkyl halides is 2. The molecule has 0 saturated heterocycles. The third-order valence-corrected chi connectivity index (χ3v) is 2.86. The molecule has 0 radical (unpaired) electrons. The topological polar surface area (TPSA) is 12.9 Å². The first-order valence-corrected chi connectivity index (χ1v) is 6.07. The standard InChI is InChI=1S/C13H11Cl2N/c14-8-12-6-11(7-13(9-15)16-12)10-4-2-1-3-5-10/h1-7H,8-9H2. The van der Waals surface area contributed by atoms with E-state index in [4.69, 9.17) is 23.2 Å². The van der Waals surface area contributed by atoms with Crippen molar-refractivity contribution in [3.63, 3.8) is 0 Å². The van der Waals surface area contributed by atoms with Crippen LogP contribution in [0.25, 0.3) is 11.1 Å². The second kappa shape index (κ2) is 5.33. The number of benzene rings is 1. The van der Waals surface area contributed by atoms with Crippen LogP contribution in [0.3, 0.4) is 0 Å². The summed E-state index contributed by atoms with van der Waals surface area (Å²) < 4.78 is 0. The number of nitrogens with zero attached hydrogens (tertiary/aromatic N) is 1. The van der Waals surface area contributed by atoms with E-state index in [2.05, 4.69) is 17.1 Å². The van der Waals surface area contributed by atoms with Crippen LogP contribution in [0, 0.1) is 0 Å². The van der Waals surface area contributed by atoms with Crippen LogP contribution in [-0.4, -0.2) is 4.98 Å². The summed E-state index contributed by atoms with van der Waals surface area (Å²) in [6.45, 7) is 0. The summed E-state index contributed by atoms with van der Waals surface area (Å²) in [7, 11) is 0. The molecule has 2 aromatic rings. The van der Waals surface area contributed by atoms with Gasteiger partial charge < -0.3 is 0 Å². The van der Waals surface area contributed by atoms with Crippen LogP contribution in [0.2, 0.25) is 0 Å². The summed E-state index contributed by atoms with van der Waals surface area (Å²) in [5.41, 5.74) is 3.99. The van der Waals surface area contributed by atoms with E-state index in [1.54, 1.807) is 0 Å². The number of rotatable bonds is 3. The molecular weight excluding hydrogens is 241 g/mol. The number of hydrogen-bond donors (Lipinski definition) is 0. The van der Waals surface area contributed by atoms with Crippen molar-refractivity contribution in [2.24, 2.45) is 0 Å². The molecule has 0 saturated carbocycles. The minimum absolute atomic E-state index is 0.407. The Morgan fingerprint density at radius 2 is 1.38 bits per heavy atom. The average molecular weight is 252 g/mol. The van der Waals surface area contributed by atoms with Crippen LogP contribution in [0.1, 0.15) is 11.4 Å². The van der Waals surface area contributed by atoms with Crippen molar-refractivity contribution in [3.05, 3.63) is 53.9 Å². The van der Waals surface area contributed by atoms with Gasteiger partial charge in [-0.3, -0.25) is 4.98 Å². The molecule has 2 rings (SSSR count). The normalized spacial score (nSPS) is 10.4. The molecule has 0 aliphatic carbocycles. The molecule has 3 heteroatoms. The molecule has 0 N–H and O–H groups in total. The van der Waals surface area contributed by atoms with Gasteiger partial charge in [-0.15, -0.1) is 23.2 Å². The molecule has 1 aromatic heterocycles. The fraction of sp³-hybridized carbons (Fsp3) is 0.154. The van der Waals surface area contributed by atoms with Crippen molar-refractivity contribution < 1.29 is 0 Å². The highest BCUT2D eigenvalue weighted by molar-refractivity contribution is 6.17. The number of aromatic nitrogens is 1. The van der Waals surface area contributed by atoms with Gasteiger partial charge in [0.2, 0.25) is 0 Å². The third kappa shape index (κ3) is 2.55. The molecule has 0 unspecified atom stereocenters. The van der Waals surface area contributed by atoms with E-state index in [9.17, 15) is 0 Å². The molecule has 0 amide bonds. The number of hydrogen-bond acceptors (Lipinski definition) is 1. The minimum Gasteiger partial charge on any atom is -0.255 e. The SMILES string of the molecule is ClCc1cc(-c2ccccc2)cc(CCl)n1. The Hall–Kier alpha value is -1.05. The van der Waals surface area contributed by atoms with Gasteiger partial charge in [0.1, 0.15) is 0 Å². The van der Waals surface area contributed by atoms with Crippen molar-refractivity contribution in [3.8, 4) is 11.1 Å². The zero-order chi connectivity index (χ0) is 11.4. The van der Waals surface area contributed by atoms with Crippen LogP contribution in [-0.2, 0) is 11.8 Å². The highest BCUT2D eigenvalue weighted by Crippen LogP contribution is 2.21. The first-order valence-electron chi connectivity index (χ1n) is 5.00. The fourth-order valence-electron chi connectivity index (χ4n) is 1.58. The molecule has 82 valence electrons. The van der Waals surface area contributed by atoms with E-state index in [1.165, 1.54) is 0 Å². The average Bonchev–Trinajstić information content (AvgIpc) is 2.39. The van der Waals surface area contributed by atoms with Gasteiger partial charge in [0.25, 0.3) is 0 Å². The molecule has 0 aliphatic rings. The summed E-state index contributed by atoms with van der Waals surface area (Å²) in [6.07, 6.45) is 0. The maximum absolute atomic E-state index is 5.81. The predicted octanol–water partition coefficient (Wildman–Crippen LogP) is 4.23. The Balaban J connectivity index is 2.48. The third-order valence-electron chi connectivity index (χ3n) is 2.31. The smallest absolute Gasteiger partial charge is 0.0647 e. The Morgan fingerprint density at radius 1 is 0.812 bits per heavy atom. The molecular formula is C13H11Cl2N. The van der Waals surface area contributed by atoms with E-state index >= 15 is 0 Å². The van der Waals surface area contributed by atoms with Crippen LogP contribution >= 0.6 is 23.2 Å². The summed E-state index contributed by atoms with van der Waals surface area (Å²) in [6, 6.07) is 14.1. The predicted molar refractivity (Wildman–Crippen MR) is 68.8 cm³/mol. The van der Waals surface area contributed by atoms with Crippen LogP contribution in [0.5, 0.6) is 0 Å². The van der Waals surface area contributed by atoms with Gasteiger partial charge in [-0.1, -0.05) is 30.3 Å².